The summed E-state index contributed by atoms with van der Waals surface area (Å²) in [5.74, 6) is 2.72. The number of aromatic nitrogens is 1. The molecule has 0 aliphatic rings. The van der Waals surface area contributed by atoms with Crippen molar-refractivity contribution in [3.05, 3.63) is 47.7 Å². The van der Waals surface area contributed by atoms with Crippen molar-refractivity contribution in [2.45, 2.75) is 39.7 Å². The molecule has 0 aliphatic heterocycles. The number of pyridine rings is 1. The summed E-state index contributed by atoms with van der Waals surface area (Å²) >= 11 is 0. The van der Waals surface area contributed by atoms with Gasteiger partial charge in [-0.05, 0) is 36.7 Å². The first-order valence-corrected chi connectivity index (χ1v) is 7.68. The molecule has 1 unspecified atom stereocenters. The van der Waals surface area contributed by atoms with Crippen LogP contribution in [0.2, 0.25) is 0 Å². The van der Waals surface area contributed by atoms with Gasteiger partial charge in [0.1, 0.15) is 17.3 Å². The van der Waals surface area contributed by atoms with Gasteiger partial charge in [-0.15, -0.1) is 0 Å². The quantitative estimate of drug-likeness (QED) is 0.804. The molecule has 4 heteroatoms. The summed E-state index contributed by atoms with van der Waals surface area (Å²) in [6.07, 6.45) is 5.50. The van der Waals surface area contributed by atoms with Crippen LogP contribution in [-0.2, 0) is 6.42 Å². The van der Waals surface area contributed by atoms with Crippen LogP contribution in [-0.4, -0.2) is 18.1 Å². The Morgan fingerprint density at radius 1 is 1.24 bits per heavy atom. The third-order valence-electron chi connectivity index (χ3n) is 3.26. The Morgan fingerprint density at radius 2 is 2.10 bits per heavy atom. The fourth-order valence-electron chi connectivity index (χ4n) is 2.22. The molecule has 0 spiro atoms. The lowest BCUT2D eigenvalue weighted by atomic mass is 10.1. The molecule has 2 aromatic rings. The molecule has 0 bridgehead atoms. The van der Waals surface area contributed by atoms with Gasteiger partial charge in [-0.3, -0.25) is 4.98 Å². The first-order chi connectivity index (χ1) is 10.3. The SMILES string of the molecule is CCCOc1cncc(C(NCC)c2ccc(CC)o2)c1. The highest BCUT2D eigenvalue weighted by Gasteiger charge is 2.18. The largest absolute Gasteiger partial charge is 0.492 e. The smallest absolute Gasteiger partial charge is 0.137 e. The number of hydrogen-bond donors (Lipinski definition) is 1. The van der Waals surface area contributed by atoms with E-state index < -0.39 is 0 Å². The molecule has 0 fully saturated rings. The van der Waals surface area contributed by atoms with E-state index in [4.69, 9.17) is 9.15 Å². The van der Waals surface area contributed by atoms with Crippen molar-refractivity contribution in [2.75, 3.05) is 13.2 Å². The zero-order chi connectivity index (χ0) is 15.1. The molecule has 2 aromatic heterocycles. The predicted octanol–water partition coefficient (Wildman–Crippen LogP) is 3.72. The Bertz CT molecular complexity index is 551. The van der Waals surface area contributed by atoms with Crippen LogP contribution >= 0.6 is 0 Å². The topological polar surface area (TPSA) is 47.3 Å². The van der Waals surface area contributed by atoms with Crippen molar-refractivity contribution >= 4 is 0 Å². The number of ether oxygens (including phenoxy) is 1. The van der Waals surface area contributed by atoms with E-state index in [0.29, 0.717) is 6.61 Å². The van der Waals surface area contributed by atoms with E-state index in [9.17, 15) is 0 Å². The van der Waals surface area contributed by atoms with E-state index in [1.54, 1.807) is 6.20 Å². The molecule has 21 heavy (non-hydrogen) atoms. The zero-order valence-corrected chi connectivity index (χ0v) is 13.1. The summed E-state index contributed by atoms with van der Waals surface area (Å²) < 4.78 is 11.6. The van der Waals surface area contributed by atoms with Gasteiger partial charge >= 0.3 is 0 Å². The van der Waals surface area contributed by atoms with Crippen LogP contribution < -0.4 is 10.1 Å². The van der Waals surface area contributed by atoms with Crippen molar-refractivity contribution in [1.82, 2.24) is 10.3 Å². The fourth-order valence-corrected chi connectivity index (χ4v) is 2.22. The summed E-state index contributed by atoms with van der Waals surface area (Å²) in [5.41, 5.74) is 1.06. The van der Waals surface area contributed by atoms with Crippen LogP contribution in [0.3, 0.4) is 0 Å². The molecular formula is C17H24N2O2. The molecule has 2 rings (SSSR count). The molecule has 0 saturated heterocycles. The van der Waals surface area contributed by atoms with Crippen LogP contribution in [0.5, 0.6) is 5.75 Å². The van der Waals surface area contributed by atoms with Crippen LogP contribution in [0.15, 0.2) is 35.0 Å². The van der Waals surface area contributed by atoms with Crippen molar-refractivity contribution in [3.8, 4) is 5.75 Å². The molecule has 1 atom stereocenters. The van der Waals surface area contributed by atoms with E-state index in [1.165, 1.54) is 0 Å². The lowest BCUT2D eigenvalue weighted by Crippen LogP contribution is -2.21. The maximum Gasteiger partial charge on any atom is 0.137 e. The van der Waals surface area contributed by atoms with E-state index in [0.717, 1.165) is 42.2 Å². The lowest BCUT2D eigenvalue weighted by Gasteiger charge is -2.16. The Kier molecular flexibility index (Phi) is 5.81. The van der Waals surface area contributed by atoms with E-state index in [-0.39, 0.29) is 6.04 Å². The Morgan fingerprint density at radius 3 is 2.76 bits per heavy atom. The molecule has 0 aliphatic carbocycles. The highest BCUT2D eigenvalue weighted by atomic mass is 16.5. The first-order valence-electron chi connectivity index (χ1n) is 7.68. The molecule has 0 amide bonds. The summed E-state index contributed by atoms with van der Waals surface area (Å²) in [4.78, 5) is 4.29. The summed E-state index contributed by atoms with van der Waals surface area (Å²) in [6.45, 7) is 7.83. The minimum Gasteiger partial charge on any atom is -0.492 e. The Balaban J connectivity index is 2.24. The summed E-state index contributed by atoms with van der Waals surface area (Å²) in [7, 11) is 0. The molecule has 2 heterocycles. The van der Waals surface area contributed by atoms with E-state index >= 15 is 0 Å². The van der Waals surface area contributed by atoms with Crippen molar-refractivity contribution in [1.29, 1.82) is 0 Å². The number of nitrogens with one attached hydrogen (secondary N) is 1. The Hall–Kier alpha value is -1.81. The lowest BCUT2D eigenvalue weighted by molar-refractivity contribution is 0.315. The van der Waals surface area contributed by atoms with Crippen molar-refractivity contribution in [3.63, 3.8) is 0 Å². The summed E-state index contributed by atoms with van der Waals surface area (Å²) in [5, 5.41) is 3.45. The second kappa shape index (κ2) is 7.84. The van der Waals surface area contributed by atoms with Crippen molar-refractivity contribution in [2.24, 2.45) is 0 Å². The standard InChI is InChI=1S/C17H24N2O2/c1-4-9-20-15-10-13(11-18-12-15)17(19-6-3)16-8-7-14(5-2)21-16/h7-8,10-12,17,19H,4-6,9H2,1-3H3. The molecule has 0 radical (unpaired) electrons. The molecule has 114 valence electrons. The number of nitrogens with zero attached hydrogens (tertiary/aromatic N) is 1. The van der Waals surface area contributed by atoms with Crippen LogP contribution in [0, 0.1) is 0 Å². The molecular weight excluding hydrogens is 264 g/mol. The monoisotopic (exact) mass is 288 g/mol. The van der Waals surface area contributed by atoms with Gasteiger partial charge in [0, 0.05) is 12.6 Å². The normalized spacial score (nSPS) is 12.3. The minimum absolute atomic E-state index is 0.00739. The molecule has 0 saturated carbocycles. The van der Waals surface area contributed by atoms with Crippen LogP contribution in [0.1, 0.15) is 50.3 Å². The van der Waals surface area contributed by atoms with Gasteiger partial charge in [0.05, 0.1) is 18.8 Å². The maximum atomic E-state index is 5.89. The average Bonchev–Trinajstić information content (AvgIpc) is 2.99. The zero-order valence-electron chi connectivity index (χ0n) is 13.1. The van der Waals surface area contributed by atoms with Gasteiger partial charge in [0.15, 0.2) is 0 Å². The fraction of sp³-hybridized carbons (Fsp3) is 0.471. The highest BCUT2D eigenvalue weighted by Crippen LogP contribution is 2.26. The van der Waals surface area contributed by atoms with Crippen LogP contribution in [0.25, 0.3) is 0 Å². The van der Waals surface area contributed by atoms with Gasteiger partial charge in [0.2, 0.25) is 0 Å². The first kappa shape index (κ1) is 15.6. The van der Waals surface area contributed by atoms with Crippen molar-refractivity contribution < 1.29 is 9.15 Å². The molecule has 0 aromatic carbocycles. The summed E-state index contributed by atoms with van der Waals surface area (Å²) in [6, 6.07) is 6.11. The highest BCUT2D eigenvalue weighted by molar-refractivity contribution is 5.31. The van der Waals surface area contributed by atoms with Gasteiger partial charge in [-0.2, -0.15) is 0 Å². The third kappa shape index (κ3) is 4.08. The Labute approximate surface area is 126 Å². The van der Waals surface area contributed by atoms with E-state index in [1.807, 2.05) is 24.4 Å². The second-order valence-electron chi connectivity index (χ2n) is 4.95. The number of furan rings is 1. The number of rotatable bonds is 8. The average molecular weight is 288 g/mol. The van der Waals surface area contributed by atoms with Gasteiger partial charge in [-0.25, -0.2) is 0 Å². The van der Waals surface area contributed by atoms with Gasteiger partial charge in [0.25, 0.3) is 0 Å². The predicted molar refractivity (Wildman–Crippen MR) is 83.6 cm³/mol. The van der Waals surface area contributed by atoms with Crippen LogP contribution in [0.4, 0.5) is 0 Å². The van der Waals surface area contributed by atoms with Gasteiger partial charge < -0.3 is 14.5 Å². The maximum absolute atomic E-state index is 5.89. The second-order valence-corrected chi connectivity index (χ2v) is 4.95. The van der Waals surface area contributed by atoms with Gasteiger partial charge in [-0.1, -0.05) is 20.8 Å². The minimum atomic E-state index is 0.00739. The molecule has 1 N–H and O–H groups in total. The molecule has 4 nitrogen and oxygen atoms in total. The van der Waals surface area contributed by atoms with E-state index in [2.05, 4.69) is 31.1 Å². The number of hydrogen-bond acceptors (Lipinski definition) is 4. The number of aryl methyl sites for hydroxylation is 1. The third-order valence-corrected chi connectivity index (χ3v) is 3.26.